The fourth-order valence-electron chi connectivity index (χ4n) is 3.05. The first kappa shape index (κ1) is 23.9. The van der Waals surface area contributed by atoms with Crippen molar-refractivity contribution in [2.24, 2.45) is 5.92 Å². The molecule has 0 bridgehead atoms. The zero-order valence-corrected chi connectivity index (χ0v) is 18.3. The van der Waals surface area contributed by atoms with Crippen molar-refractivity contribution in [3.63, 3.8) is 0 Å². The van der Waals surface area contributed by atoms with Gasteiger partial charge in [-0.25, -0.2) is 9.59 Å². The van der Waals surface area contributed by atoms with Crippen LogP contribution in [-0.4, -0.2) is 35.2 Å². The maximum Gasteiger partial charge on any atom is 0.408 e. The second-order valence-electron chi connectivity index (χ2n) is 7.95. The lowest BCUT2D eigenvalue weighted by atomic mass is 9.99. The van der Waals surface area contributed by atoms with Crippen LogP contribution in [0.4, 0.5) is 4.79 Å². The molecule has 0 fully saturated rings. The van der Waals surface area contributed by atoms with Crippen LogP contribution in [0.1, 0.15) is 36.1 Å². The van der Waals surface area contributed by atoms with Crippen LogP contribution in [0.15, 0.2) is 48.5 Å². The number of aliphatic carboxylic acids is 1. The molecule has 0 aliphatic heterocycles. The molecule has 0 aliphatic rings. The molecule has 2 atom stereocenters. The smallest absolute Gasteiger partial charge is 0.408 e. The second-order valence-corrected chi connectivity index (χ2v) is 7.95. The summed E-state index contributed by atoms with van der Waals surface area (Å²) in [5, 5.41) is 14.7. The largest absolute Gasteiger partial charge is 0.480 e. The molecule has 2 rings (SSSR count). The summed E-state index contributed by atoms with van der Waals surface area (Å²) in [4.78, 5) is 36.7. The van der Waals surface area contributed by atoms with Gasteiger partial charge in [0.05, 0.1) is 0 Å². The van der Waals surface area contributed by atoms with Crippen LogP contribution < -0.4 is 10.6 Å². The zero-order chi connectivity index (χ0) is 23.0. The first-order chi connectivity index (χ1) is 14.7. The molecular weight excluding hydrogens is 396 g/mol. The molecule has 2 aromatic carbocycles. The summed E-state index contributed by atoms with van der Waals surface area (Å²) in [6.45, 7) is 7.53. The SMILES string of the molecule is Cc1ccc(C[C@@H](NC(=O)[C@H](NC(=O)OCc2ccccc2)C(C)C)C(=O)O)cc1C. The van der Waals surface area contributed by atoms with Gasteiger partial charge in [-0.3, -0.25) is 4.79 Å². The zero-order valence-electron chi connectivity index (χ0n) is 18.3. The minimum absolute atomic E-state index is 0.0730. The minimum Gasteiger partial charge on any atom is -0.480 e. The molecule has 0 spiro atoms. The summed E-state index contributed by atoms with van der Waals surface area (Å²) in [5.74, 6) is -1.97. The highest BCUT2D eigenvalue weighted by Gasteiger charge is 2.29. The molecule has 31 heavy (non-hydrogen) atoms. The lowest BCUT2D eigenvalue weighted by Crippen LogP contribution is -2.54. The highest BCUT2D eigenvalue weighted by molar-refractivity contribution is 5.89. The number of carboxylic acids is 1. The summed E-state index contributed by atoms with van der Waals surface area (Å²) in [5.41, 5.74) is 3.79. The number of carboxylic acid groups (broad SMARTS) is 1. The van der Waals surface area contributed by atoms with Gasteiger partial charge in [-0.2, -0.15) is 0 Å². The van der Waals surface area contributed by atoms with Gasteiger partial charge in [0, 0.05) is 6.42 Å². The Balaban J connectivity index is 2.00. The van der Waals surface area contributed by atoms with E-state index >= 15 is 0 Å². The Bertz CT molecular complexity index is 911. The number of alkyl carbamates (subject to hydrolysis) is 1. The van der Waals surface area contributed by atoms with E-state index in [1.807, 2.05) is 62.4 Å². The molecule has 7 nitrogen and oxygen atoms in total. The topological polar surface area (TPSA) is 105 Å². The van der Waals surface area contributed by atoms with Gasteiger partial charge in [-0.05, 0) is 42.0 Å². The Labute approximate surface area is 182 Å². The van der Waals surface area contributed by atoms with Crippen LogP contribution in [0.25, 0.3) is 0 Å². The van der Waals surface area contributed by atoms with E-state index in [4.69, 9.17) is 4.74 Å². The molecule has 7 heteroatoms. The quantitative estimate of drug-likeness (QED) is 0.570. The Hall–Kier alpha value is -3.35. The van der Waals surface area contributed by atoms with Gasteiger partial charge in [-0.1, -0.05) is 62.4 Å². The van der Waals surface area contributed by atoms with Crippen molar-refractivity contribution in [2.45, 2.75) is 52.8 Å². The number of carbonyl (C=O) groups excluding carboxylic acids is 2. The second kappa shape index (κ2) is 11.2. The fourth-order valence-corrected chi connectivity index (χ4v) is 3.05. The van der Waals surface area contributed by atoms with Crippen LogP contribution in [-0.2, 0) is 27.4 Å². The standard InChI is InChI=1S/C24H30N2O5/c1-15(2)21(26-24(30)31-14-18-8-6-5-7-9-18)22(27)25-20(23(28)29)13-19-11-10-16(3)17(4)12-19/h5-12,15,20-21H,13-14H2,1-4H3,(H,25,27)(H,26,30)(H,28,29)/t20-,21-/m1/s1. The Morgan fingerprint density at radius 1 is 0.935 bits per heavy atom. The van der Waals surface area contributed by atoms with Crippen LogP contribution in [0, 0.1) is 19.8 Å². The number of aryl methyl sites for hydroxylation is 2. The highest BCUT2D eigenvalue weighted by Crippen LogP contribution is 2.12. The first-order valence-corrected chi connectivity index (χ1v) is 10.2. The van der Waals surface area contributed by atoms with Gasteiger partial charge >= 0.3 is 12.1 Å². The number of rotatable bonds is 9. The molecule has 2 aromatic rings. The van der Waals surface area contributed by atoms with Gasteiger partial charge in [-0.15, -0.1) is 0 Å². The van der Waals surface area contributed by atoms with Crippen molar-refractivity contribution >= 4 is 18.0 Å². The van der Waals surface area contributed by atoms with Crippen LogP contribution in [0.2, 0.25) is 0 Å². The van der Waals surface area contributed by atoms with Gasteiger partial charge in [0.2, 0.25) is 5.91 Å². The highest BCUT2D eigenvalue weighted by atomic mass is 16.5. The van der Waals surface area contributed by atoms with Gasteiger partial charge < -0.3 is 20.5 Å². The molecule has 0 radical (unpaired) electrons. The van der Waals surface area contributed by atoms with Crippen LogP contribution in [0.3, 0.4) is 0 Å². The van der Waals surface area contributed by atoms with Gasteiger partial charge in [0.1, 0.15) is 18.7 Å². The van der Waals surface area contributed by atoms with Gasteiger partial charge in [0.15, 0.2) is 0 Å². The van der Waals surface area contributed by atoms with Crippen molar-refractivity contribution in [3.8, 4) is 0 Å². The van der Waals surface area contributed by atoms with Crippen molar-refractivity contribution in [2.75, 3.05) is 0 Å². The van der Waals surface area contributed by atoms with Crippen LogP contribution in [0.5, 0.6) is 0 Å². The molecular formula is C24H30N2O5. The molecule has 166 valence electrons. The Morgan fingerprint density at radius 3 is 2.19 bits per heavy atom. The van der Waals surface area contributed by atoms with E-state index in [1.54, 1.807) is 13.8 Å². The predicted octanol–water partition coefficient (Wildman–Crippen LogP) is 3.37. The molecule has 0 aromatic heterocycles. The molecule has 3 N–H and O–H groups in total. The van der Waals surface area contributed by atoms with E-state index in [9.17, 15) is 19.5 Å². The number of hydrogen-bond donors (Lipinski definition) is 3. The van der Waals surface area contributed by atoms with E-state index in [0.717, 1.165) is 22.3 Å². The average molecular weight is 427 g/mol. The summed E-state index contributed by atoms with van der Waals surface area (Å²) in [6, 6.07) is 12.8. The first-order valence-electron chi connectivity index (χ1n) is 10.2. The number of carbonyl (C=O) groups is 3. The fraction of sp³-hybridized carbons (Fsp3) is 0.375. The van der Waals surface area contributed by atoms with Crippen LogP contribution >= 0.6 is 0 Å². The normalized spacial score (nSPS) is 12.7. The lowest BCUT2D eigenvalue weighted by Gasteiger charge is -2.24. The van der Waals surface area contributed by atoms with E-state index in [0.29, 0.717) is 0 Å². The summed E-state index contributed by atoms with van der Waals surface area (Å²) in [7, 11) is 0. The number of ether oxygens (including phenoxy) is 1. The lowest BCUT2D eigenvalue weighted by molar-refractivity contribution is -0.142. The van der Waals surface area contributed by atoms with Crippen molar-refractivity contribution in [3.05, 3.63) is 70.8 Å². The molecule has 0 heterocycles. The molecule has 0 saturated heterocycles. The Kier molecular flexibility index (Phi) is 8.61. The summed E-state index contributed by atoms with van der Waals surface area (Å²) >= 11 is 0. The van der Waals surface area contributed by atoms with Crippen molar-refractivity contribution in [1.82, 2.24) is 10.6 Å². The predicted molar refractivity (Wildman–Crippen MR) is 118 cm³/mol. The molecule has 0 aliphatic carbocycles. The van der Waals surface area contributed by atoms with Gasteiger partial charge in [0.25, 0.3) is 0 Å². The third kappa shape index (κ3) is 7.44. The summed E-state index contributed by atoms with van der Waals surface area (Å²) < 4.78 is 5.18. The van der Waals surface area contributed by atoms with E-state index in [-0.39, 0.29) is 18.9 Å². The van der Waals surface area contributed by atoms with Crippen molar-refractivity contribution in [1.29, 1.82) is 0 Å². The number of benzene rings is 2. The third-order valence-electron chi connectivity index (χ3n) is 5.06. The number of hydrogen-bond acceptors (Lipinski definition) is 4. The van der Waals surface area contributed by atoms with E-state index in [2.05, 4.69) is 10.6 Å². The molecule has 0 unspecified atom stereocenters. The maximum absolute atomic E-state index is 12.8. The third-order valence-corrected chi connectivity index (χ3v) is 5.06. The van der Waals surface area contributed by atoms with E-state index < -0.39 is 30.1 Å². The summed E-state index contributed by atoms with van der Waals surface area (Å²) in [6.07, 6.45) is -0.593. The van der Waals surface area contributed by atoms with E-state index in [1.165, 1.54) is 0 Å². The van der Waals surface area contributed by atoms with Crippen molar-refractivity contribution < 1.29 is 24.2 Å². The monoisotopic (exact) mass is 426 g/mol. The number of amides is 2. The molecule has 0 saturated carbocycles. The number of nitrogens with one attached hydrogen (secondary N) is 2. The average Bonchev–Trinajstić information content (AvgIpc) is 2.73. The Morgan fingerprint density at radius 2 is 1.61 bits per heavy atom. The maximum atomic E-state index is 12.8. The minimum atomic E-state index is -1.14. The molecule has 2 amide bonds.